The van der Waals surface area contributed by atoms with Gasteiger partial charge in [0, 0.05) is 10.2 Å². The van der Waals surface area contributed by atoms with Crippen LogP contribution in [0.3, 0.4) is 0 Å². The number of hydrogen-bond acceptors (Lipinski definition) is 5. The minimum absolute atomic E-state index is 0.00977. The minimum Gasteiger partial charge on any atom is -0.466 e. The molecule has 0 aliphatic rings. The van der Waals surface area contributed by atoms with Crippen LogP contribution in [0.1, 0.15) is 5.56 Å². The van der Waals surface area contributed by atoms with Gasteiger partial charge in [0.25, 0.3) is 0 Å². The van der Waals surface area contributed by atoms with Crippen molar-refractivity contribution in [2.45, 2.75) is 6.92 Å². The minimum atomic E-state index is -0.648. The van der Waals surface area contributed by atoms with Crippen LogP contribution >= 0.6 is 15.9 Å². The summed E-state index contributed by atoms with van der Waals surface area (Å²) >= 11 is 3.34. The first-order valence-corrected chi connectivity index (χ1v) is 6.18. The first-order chi connectivity index (χ1) is 8.97. The SMILES string of the molecule is COC(=O)/C=C(/Nc1cc(Br)ccc1C)C(=O)OC. The molecule has 0 atom stereocenters. The highest BCUT2D eigenvalue weighted by atomic mass is 79.9. The Balaban J connectivity index is 3.07. The molecule has 1 aromatic rings. The lowest BCUT2D eigenvalue weighted by Gasteiger charge is -2.11. The molecule has 1 aromatic carbocycles. The topological polar surface area (TPSA) is 64.6 Å². The third-order valence-electron chi connectivity index (χ3n) is 2.34. The van der Waals surface area contributed by atoms with E-state index in [1.165, 1.54) is 14.2 Å². The van der Waals surface area contributed by atoms with E-state index in [0.717, 1.165) is 16.1 Å². The summed E-state index contributed by atoms with van der Waals surface area (Å²) in [5, 5.41) is 2.86. The van der Waals surface area contributed by atoms with Crippen molar-refractivity contribution in [3.63, 3.8) is 0 Å². The molecule has 1 rings (SSSR count). The van der Waals surface area contributed by atoms with Crippen molar-refractivity contribution in [1.82, 2.24) is 0 Å². The molecule has 0 saturated heterocycles. The normalized spacial score (nSPS) is 10.8. The summed E-state index contributed by atoms with van der Waals surface area (Å²) in [6.45, 7) is 1.88. The number of halogens is 1. The molecular formula is C13H14BrNO4. The third-order valence-corrected chi connectivity index (χ3v) is 2.83. The van der Waals surface area contributed by atoms with Gasteiger partial charge in [-0.2, -0.15) is 0 Å². The number of carbonyl (C=O) groups is 2. The van der Waals surface area contributed by atoms with Gasteiger partial charge in [0.05, 0.1) is 20.3 Å². The summed E-state index contributed by atoms with van der Waals surface area (Å²) < 4.78 is 9.96. The predicted molar refractivity (Wildman–Crippen MR) is 74.6 cm³/mol. The number of aryl methyl sites for hydroxylation is 1. The van der Waals surface area contributed by atoms with Crippen LogP contribution in [-0.2, 0) is 19.1 Å². The molecule has 0 aliphatic carbocycles. The van der Waals surface area contributed by atoms with Crippen LogP contribution < -0.4 is 5.32 Å². The molecule has 0 fully saturated rings. The van der Waals surface area contributed by atoms with Crippen LogP contribution in [0, 0.1) is 6.92 Å². The Morgan fingerprint density at radius 1 is 1.26 bits per heavy atom. The second kappa shape index (κ2) is 6.94. The number of carbonyl (C=O) groups excluding carboxylic acids is 2. The number of nitrogens with one attached hydrogen (secondary N) is 1. The molecule has 19 heavy (non-hydrogen) atoms. The van der Waals surface area contributed by atoms with Crippen molar-refractivity contribution >= 4 is 33.6 Å². The lowest BCUT2D eigenvalue weighted by molar-refractivity contribution is -0.138. The van der Waals surface area contributed by atoms with Gasteiger partial charge in [0.15, 0.2) is 0 Å². The molecule has 0 aliphatic heterocycles. The maximum absolute atomic E-state index is 11.6. The molecule has 5 nitrogen and oxygen atoms in total. The van der Waals surface area contributed by atoms with Crippen molar-refractivity contribution in [2.75, 3.05) is 19.5 Å². The number of hydrogen-bond donors (Lipinski definition) is 1. The summed E-state index contributed by atoms with van der Waals surface area (Å²) in [4.78, 5) is 22.8. The van der Waals surface area contributed by atoms with Crippen molar-refractivity contribution < 1.29 is 19.1 Å². The zero-order valence-electron chi connectivity index (χ0n) is 10.8. The van der Waals surface area contributed by atoms with E-state index in [9.17, 15) is 9.59 Å². The van der Waals surface area contributed by atoms with Crippen molar-refractivity contribution in [3.05, 3.63) is 40.0 Å². The smallest absolute Gasteiger partial charge is 0.354 e. The fourth-order valence-electron chi connectivity index (χ4n) is 1.31. The number of benzene rings is 1. The van der Waals surface area contributed by atoms with Crippen LogP contribution in [0.2, 0.25) is 0 Å². The van der Waals surface area contributed by atoms with Crippen LogP contribution in [0.4, 0.5) is 5.69 Å². The standard InChI is InChI=1S/C13H14BrNO4/c1-8-4-5-9(14)6-10(8)15-11(13(17)19-3)7-12(16)18-2/h4-7,15H,1-3H3/b11-7+. The number of ether oxygens (including phenoxy) is 2. The summed E-state index contributed by atoms with van der Waals surface area (Å²) in [5.74, 6) is -1.29. The predicted octanol–water partition coefficient (Wildman–Crippen LogP) is 2.40. The van der Waals surface area contributed by atoms with Gasteiger partial charge in [-0.25, -0.2) is 9.59 Å². The first-order valence-electron chi connectivity index (χ1n) is 5.39. The fraction of sp³-hybridized carbons (Fsp3) is 0.231. The van der Waals surface area contributed by atoms with Gasteiger partial charge >= 0.3 is 11.9 Å². The largest absolute Gasteiger partial charge is 0.466 e. The lowest BCUT2D eigenvalue weighted by atomic mass is 10.2. The number of esters is 2. The van der Waals surface area contributed by atoms with Gasteiger partial charge in [0.1, 0.15) is 5.70 Å². The Hall–Kier alpha value is -1.82. The van der Waals surface area contributed by atoms with Crippen LogP contribution in [-0.4, -0.2) is 26.2 Å². The maximum atomic E-state index is 11.6. The van der Waals surface area contributed by atoms with E-state index >= 15 is 0 Å². The van der Waals surface area contributed by atoms with Crippen molar-refractivity contribution in [2.24, 2.45) is 0 Å². The van der Waals surface area contributed by atoms with E-state index in [1.807, 2.05) is 19.1 Å². The number of methoxy groups -OCH3 is 2. The molecule has 102 valence electrons. The Labute approximate surface area is 119 Å². The Morgan fingerprint density at radius 3 is 2.53 bits per heavy atom. The van der Waals surface area contributed by atoms with Gasteiger partial charge in [-0.3, -0.25) is 0 Å². The number of anilines is 1. The molecule has 0 spiro atoms. The zero-order valence-corrected chi connectivity index (χ0v) is 12.4. The third kappa shape index (κ3) is 4.40. The highest BCUT2D eigenvalue weighted by Crippen LogP contribution is 2.22. The molecule has 0 unspecified atom stereocenters. The maximum Gasteiger partial charge on any atom is 0.354 e. The molecule has 0 bridgehead atoms. The molecule has 0 heterocycles. The summed E-state index contributed by atoms with van der Waals surface area (Å²) in [5.41, 5.74) is 1.62. The Morgan fingerprint density at radius 2 is 1.95 bits per heavy atom. The average molecular weight is 328 g/mol. The van der Waals surface area contributed by atoms with E-state index in [1.54, 1.807) is 6.07 Å². The monoisotopic (exact) mass is 327 g/mol. The highest BCUT2D eigenvalue weighted by Gasteiger charge is 2.13. The van der Waals surface area contributed by atoms with E-state index in [0.29, 0.717) is 5.69 Å². The van der Waals surface area contributed by atoms with E-state index in [-0.39, 0.29) is 5.70 Å². The van der Waals surface area contributed by atoms with Gasteiger partial charge in [-0.1, -0.05) is 22.0 Å². The van der Waals surface area contributed by atoms with E-state index in [2.05, 4.69) is 30.7 Å². The summed E-state index contributed by atoms with van der Waals surface area (Å²) in [7, 11) is 2.47. The summed E-state index contributed by atoms with van der Waals surface area (Å²) in [6, 6.07) is 5.55. The van der Waals surface area contributed by atoms with Crippen LogP contribution in [0.5, 0.6) is 0 Å². The highest BCUT2D eigenvalue weighted by molar-refractivity contribution is 9.10. The molecular weight excluding hydrogens is 314 g/mol. The molecule has 1 N–H and O–H groups in total. The lowest BCUT2D eigenvalue weighted by Crippen LogP contribution is -2.16. The molecule has 0 amide bonds. The van der Waals surface area contributed by atoms with Gasteiger partial charge in [0.2, 0.25) is 0 Å². The van der Waals surface area contributed by atoms with Crippen molar-refractivity contribution in [3.8, 4) is 0 Å². The second-order valence-electron chi connectivity index (χ2n) is 3.66. The fourth-order valence-corrected chi connectivity index (χ4v) is 1.67. The van der Waals surface area contributed by atoms with Crippen molar-refractivity contribution in [1.29, 1.82) is 0 Å². The van der Waals surface area contributed by atoms with Gasteiger partial charge in [-0.05, 0) is 24.6 Å². The first kappa shape index (κ1) is 15.2. The Kier molecular flexibility index (Phi) is 5.57. The van der Waals surface area contributed by atoms with Crippen LogP contribution in [0.15, 0.2) is 34.4 Å². The molecule has 6 heteroatoms. The molecule has 0 saturated carbocycles. The molecule has 0 aromatic heterocycles. The summed E-state index contributed by atoms with van der Waals surface area (Å²) in [6.07, 6.45) is 1.05. The van der Waals surface area contributed by atoms with Crippen LogP contribution in [0.25, 0.3) is 0 Å². The quantitative estimate of drug-likeness (QED) is 0.679. The number of rotatable bonds is 4. The van der Waals surface area contributed by atoms with E-state index < -0.39 is 11.9 Å². The van der Waals surface area contributed by atoms with Gasteiger partial charge in [-0.15, -0.1) is 0 Å². The van der Waals surface area contributed by atoms with E-state index in [4.69, 9.17) is 0 Å². The zero-order chi connectivity index (χ0) is 14.4. The molecule has 0 radical (unpaired) electrons. The van der Waals surface area contributed by atoms with Gasteiger partial charge < -0.3 is 14.8 Å². The Bertz CT molecular complexity index is 525. The average Bonchev–Trinajstić information content (AvgIpc) is 2.40. The second-order valence-corrected chi connectivity index (χ2v) is 4.57.